The predicted octanol–water partition coefficient (Wildman–Crippen LogP) is 2.79. The number of hydrogen-bond donors (Lipinski definition) is 1. The lowest BCUT2D eigenvalue weighted by atomic mass is 9.85. The van der Waals surface area contributed by atoms with Gasteiger partial charge in [-0.2, -0.15) is 5.10 Å². The molecular weight excluding hydrogens is 182 g/mol. The SMILES string of the molecule is CC(C)n1c(C2CCC2)n[nH]c1=S. The molecule has 0 spiro atoms. The minimum atomic E-state index is 0.418. The first-order valence-corrected chi connectivity index (χ1v) is 5.27. The van der Waals surface area contributed by atoms with Gasteiger partial charge in [-0.25, -0.2) is 0 Å². The van der Waals surface area contributed by atoms with Crippen molar-refractivity contribution in [2.45, 2.75) is 45.1 Å². The molecule has 1 heterocycles. The minimum Gasteiger partial charge on any atom is -0.301 e. The van der Waals surface area contributed by atoms with E-state index in [0.29, 0.717) is 12.0 Å². The summed E-state index contributed by atoms with van der Waals surface area (Å²) in [7, 11) is 0. The second-order valence-corrected chi connectivity index (χ2v) is 4.37. The number of hydrogen-bond acceptors (Lipinski definition) is 2. The van der Waals surface area contributed by atoms with Gasteiger partial charge in [0.15, 0.2) is 4.77 Å². The second-order valence-electron chi connectivity index (χ2n) is 3.98. The lowest BCUT2D eigenvalue weighted by Crippen LogP contribution is -2.16. The van der Waals surface area contributed by atoms with E-state index in [1.807, 2.05) is 0 Å². The standard InChI is InChI=1S/C9H15N3S/c1-6(2)12-8(7-4-3-5-7)10-11-9(12)13/h6-7H,3-5H2,1-2H3,(H,11,13). The highest BCUT2D eigenvalue weighted by Gasteiger charge is 2.25. The number of nitrogens with one attached hydrogen (secondary N) is 1. The lowest BCUT2D eigenvalue weighted by Gasteiger charge is -2.25. The van der Waals surface area contributed by atoms with Crippen molar-refractivity contribution in [3.8, 4) is 0 Å². The first kappa shape index (κ1) is 8.94. The summed E-state index contributed by atoms with van der Waals surface area (Å²) in [6, 6.07) is 0.418. The van der Waals surface area contributed by atoms with Crippen LogP contribution in [0.15, 0.2) is 0 Å². The van der Waals surface area contributed by atoms with E-state index in [-0.39, 0.29) is 0 Å². The third-order valence-corrected chi connectivity index (χ3v) is 3.01. The van der Waals surface area contributed by atoms with Crippen molar-refractivity contribution in [2.75, 3.05) is 0 Å². The molecule has 1 aliphatic carbocycles. The predicted molar refractivity (Wildman–Crippen MR) is 54.4 cm³/mol. The van der Waals surface area contributed by atoms with Crippen LogP contribution in [-0.4, -0.2) is 14.8 Å². The van der Waals surface area contributed by atoms with Gasteiger partial charge in [0.1, 0.15) is 5.82 Å². The third-order valence-electron chi connectivity index (χ3n) is 2.72. The van der Waals surface area contributed by atoms with Crippen LogP contribution in [0.5, 0.6) is 0 Å². The molecule has 3 nitrogen and oxygen atoms in total. The van der Waals surface area contributed by atoms with Gasteiger partial charge in [-0.1, -0.05) is 6.42 Å². The average molecular weight is 197 g/mol. The Balaban J connectivity index is 2.39. The second kappa shape index (κ2) is 3.25. The Kier molecular flexibility index (Phi) is 2.24. The average Bonchev–Trinajstić information content (AvgIpc) is 2.28. The fourth-order valence-corrected chi connectivity index (χ4v) is 2.12. The van der Waals surface area contributed by atoms with Crippen molar-refractivity contribution < 1.29 is 0 Å². The number of rotatable bonds is 2. The van der Waals surface area contributed by atoms with Crippen molar-refractivity contribution >= 4 is 12.2 Å². The van der Waals surface area contributed by atoms with E-state index in [9.17, 15) is 0 Å². The Bertz CT molecular complexity index is 346. The van der Waals surface area contributed by atoms with Crippen LogP contribution in [0.1, 0.15) is 50.9 Å². The zero-order valence-corrected chi connectivity index (χ0v) is 8.90. The van der Waals surface area contributed by atoms with Gasteiger partial charge in [0.05, 0.1) is 0 Å². The molecule has 0 bridgehead atoms. The molecule has 0 amide bonds. The summed E-state index contributed by atoms with van der Waals surface area (Å²) in [5, 5.41) is 7.19. The van der Waals surface area contributed by atoms with E-state index >= 15 is 0 Å². The maximum absolute atomic E-state index is 5.19. The van der Waals surface area contributed by atoms with Crippen molar-refractivity contribution in [3.63, 3.8) is 0 Å². The van der Waals surface area contributed by atoms with Crippen LogP contribution in [0.2, 0.25) is 0 Å². The first-order valence-electron chi connectivity index (χ1n) is 4.87. The van der Waals surface area contributed by atoms with Crippen LogP contribution in [0.4, 0.5) is 0 Å². The van der Waals surface area contributed by atoms with E-state index in [2.05, 4.69) is 28.6 Å². The summed E-state index contributed by atoms with van der Waals surface area (Å²) in [5.41, 5.74) is 0. The Morgan fingerprint density at radius 2 is 2.23 bits per heavy atom. The van der Waals surface area contributed by atoms with Crippen molar-refractivity contribution in [2.24, 2.45) is 0 Å². The Labute approximate surface area is 83.2 Å². The van der Waals surface area contributed by atoms with Crippen molar-refractivity contribution in [3.05, 3.63) is 10.6 Å². The summed E-state index contributed by atoms with van der Waals surface area (Å²) in [4.78, 5) is 0. The summed E-state index contributed by atoms with van der Waals surface area (Å²) in [5.74, 6) is 1.81. The van der Waals surface area contributed by atoms with E-state index in [0.717, 1.165) is 10.6 Å². The fourth-order valence-electron chi connectivity index (χ4n) is 1.77. The largest absolute Gasteiger partial charge is 0.301 e. The van der Waals surface area contributed by atoms with Gasteiger partial charge >= 0.3 is 0 Å². The van der Waals surface area contributed by atoms with E-state index < -0.39 is 0 Å². The highest BCUT2D eigenvalue weighted by atomic mass is 32.1. The monoisotopic (exact) mass is 197 g/mol. The normalized spacial score (nSPS) is 17.8. The van der Waals surface area contributed by atoms with Crippen LogP contribution in [0, 0.1) is 4.77 Å². The summed E-state index contributed by atoms with van der Waals surface area (Å²) < 4.78 is 2.90. The molecule has 1 aliphatic rings. The van der Waals surface area contributed by atoms with E-state index in [1.165, 1.54) is 19.3 Å². The molecule has 1 aromatic rings. The Morgan fingerprint density at radius 1 is 1.54 bits per heavy atom. The number of H-pyrrole nitrogens is 1. The molecule has 2 rings (SSSR count). The van der Waals surface area contributed by atoms with Crippen LogP contribution >= 0.6 is 12.2 Å². The Morgan fingerprint density at radius 3 is 2.69 bits per heavy atom. The topological polar surface area (TPSA) is 33.6 Å². The molecule has 4 heteroatoms. The third kappa shape index (κ3) is 1.43. The quantitative estimate of drug-likeness (QED) is 0.740. The zero-order chi connectivity index (χ0) is 9.42. The maximum Gasteiger partial charge on any atom is 0.195 e. The molecule has 0 saturated heterocycles. The van der Waals surface area contributed by atoms with Crippen LogP contribution in [0.3, 0.4) is 0 Å². The summed E-state index contributed by atoms with van der Waals surface area (Å²) in [6.45, 7) is 4.29. The molecule has 0 aliphatic heterocycles. The van der Waals surface area contributed by atoms with Crippen molar-refractivity contribution in [1.82, 2.24) is 14.8 Å². The van der Waals surface area contributed by atoms with Gasteiger partial charge in [0, 0.05) is 12.0 Å². The van der Waals surface area contributed by atoms with Gasteiger partial charge < -0.3 is 4.57 Å². The highest BCUT2D eigenvalue weighted by Crippen LogP contribution is 2.35. The number of aromatic amines is 1. The zero-order valence-electron chi connectivity index (χ0n) is 8.08. The smallest absolute Gasteiger partial charge is 0.195 e. The number of aromatic nitrogens is 3. The fraction of sp³-hybridized carbons (Fsp3) is 0.778. The highest BCUT2D eigenvalue weighted by molar-refractivity contribution is 7.71. The molecule has 72 valence electrons. The molecular formula is C9H15N3S. The molecule has 0 atom stereocenters. The van der Waals surface area contributed by atoms with Crippen LogP contribution < -0.4 is 0 Å². The Hall–Kier alpha value is -0.640. The van der Waals surface area contributed by atoms with Gasteiger partial charge in [-0.15, -0.1) is 0 Å². The summed E-state index contributed by atoms with van der Waals surface area (Å²) in [6.07, 6.45) is 3.88. The van der Waals surface area contributed by atoms with Gasteiger partial charge in [-0.05, 0) is 38.9 Å². The molecule has 1 aromatic heterocycles. The molecule has 13 heavy (non-hydrogen) atoms. The van der Waals surface area contributed by atoms with Crippen molar-refractivity contribution in [1.29, 1.82) is 0 Å². The number of nitrogens with zero attached hydrogens (tertiary/aromatic N) is 2. The molecule has 0 radical (unpaired) electrons. The minimum absolute atomic E-state index is 0.418. The molecule has 0 aromatic carbocycles. The van der Waals surface area contributed by atoms with E-state index in [1.54, 1.807) is 0 Å². The molecule has 1 N–H and O–H groups in total. The lowest BCUT2D eigenvalue weighted by molar-refractivity contribution is 0.377. The van der Waals surface area contributed by atoms with Crippen LogP contribution in [0.25, 0.3) is 0 Å². The van der Waals surface area contributed by atoms with Gasteiger partial charge in [0.25, 0.3) is 0 Å². The molecule has 0 unspecified atom stereocenters. The van der Waals surface area contributed by atoms with Gasteiger partial charge in [0.2, 0.25) is 0 Å². The maximum atomic E-state index is 5.19. The van der Waals surface area contributed by atoms with E-state index in [4.69, 9.17) is 12.2 Å². The summed E-state index contributed by atoms with van der Waals surface area (Å²) >= 11 is 5.19. The molecule has 1 saturated carbocycles. The molecule has 1 fully saturated rings. The van der Waals surface area contributed by atoms with Gasteiger partial charge in [-0.3, -0.25) is 5.10 Å². The first-order chi connectivity index (χ1) is 6.20. The van der Waals surface area contributed by atoms with Crippen LogP contribution in [-0.2, 0) is 0 Å².